The number of hydrogen-bond acceptors (Lipinski definition) is 4. The zero-order valence-corrected chi connectivity index (χ0v) is 13.2. The van der Waals surface area contributed by atoms with Gasteiger partial charge >= 0.3 is 0 Å². The molecule has 0 unspecified atom stereocenters. The van der Waals surface area contributed by atoms with Crippen molar-refractivity contribution in [3.8, 4) is 0 Å². The number of aryl methyl sites for hydroxylation is 1. The van der Waals surface area contributed by atoms with E-state index in [-0.39, 0.29) is 17.5 Å². The molecular weight excluding hydrogens is 302 g/mol. The topological polar surface area (TPSA) is 66.9 Å². The average Bonchev–Trinajstić information content (AvgIpc) is 2.48. The number of hydrogen-bond donors (Lipinski definition) is 2. The molecule has 5 nitrogen and oxygen atoms in total. The van der Waals surface area contributed by atoms with Gasteiger partial charge in [-0.3, -0.25) is 4.79 Å². The summed E-state index contributed by atoms with van der Waals surface area (Å²) >= 11 is 0. The molecule has 1 amide bonds. The molecule has 0 aliphatic carbocycles. The number of carbonyl (C=O) groups is 1. The Kier molecular flexibility index (Phi) is 5.20. The highest BCUT2D eigenvalue weighted by atomic mass is 19.2. The van der Waals surface area contributed by atoms with Gasteiger partial charge in [-0.1, -0.05) is 13.8 Å². The van der Waals surface area contributed by atoms with Gasteiger partial charge in [0, 0.05) is 24.0 Å². The van der Waals surface area contributed by atoms with Crippen LogP contribution >= 0.6 is 0 Å². The molecule has 2 N–H and O–H groups in total. The molecule has 0 spiro atoms. The van der Waals surface area contributed by atoms with E-state index in [1.165, 1.54) is 6.07 Å². The van der Waals surface area contributed by atoms with Crippen LogP contribution in [0.1, 0.15) is 30.0 Å². The standard InChI is InChI=1S/C16H18F2N4O/c1-9(2)8-19-15(23)14-6-10(3)20-16(22-14)21-11-4-5-12(17)13(18)7-11/h4-7,9H,8H2,1-3H3,(H,19,23)(H,20,21,22). The number of rotatable bonds is 5. The fourth-order valence-electron chi connectivity index (χ4n) is 1.83. The van der Waals surface area contributed by atoms with Gasteiger partial charge in [-0.2, -0.15) is 0 Å². The fraction of sp³-hybridized carbons (Fsp3) is 0.312. The molecule has 7 heteroatoms. The summed E-state index contributed by atoms with van der Waals surface area (Å²) in [6.45, 7) is 6.23. The predicted octanol–water partition coefficient (Wildman–Crippen LogP) is 3.19. The number of halogens is 2. The van der Waals surface area contributed by atoms with Crippen molar-refractivity contribution in [3.63, 3.8) is 0 Å². The molecule has 1 aromatic carbocycles. The van der Waals surface area contributed by atoms with Crippen molar-refractivity contribution >= 4 is 17.5 Å². The third kappa shape index (κ3) is 4.70. The number of anilines is 2. The van der Waals surface area contributed by atoms with Crippen molar-refractivity contribution < 1.29 is 13.6 Å². The van der Waals surface area contributed by atoms with E-state index in [1.54, 1.807) is 13.0 Å². The van der Waals surface area contributed by atoms with Crippen LogP contribution in [0.15, 0.2) is 24.3 Å². The Morgan fingerprint density at radius 2 is 1.91 bits per heavy atom. The van der Waals surface area contributed by atoms with E-state index in [0.717, 1.165) is 12.1 Å². The third-order valence-corrected chi connectivity index (χ3v) is 2.93. The van der Waals surface area contributed by atoms with Gasteiger partial charge in [0.05, 0.1) is 0 Å². The minimum atomic E-state index is -0.974. The second kappa shape index (κ2) is 7.13. The number of aromatic nitrogens is 2. The quantitative estimate of drug-likeness (QED) is 0.888. The molecule has 0 atom stereocenters. The number of nitrogens with one attached hydrogen (secondary N) is 2. The monoisotopic (exact) mass is 320 g/mol. The van der Waals surface area contributed by atoms with E-state index in [9.17, 15) is 13.6 Å². The van der Waals surface area contributed by atoms with Crippen LogP contribution < -0.4 is 10.6 Å². The lowest BCUT2D eigenvalue weighted by Gasteiger charge is -2.10. The van der Waals surface area contributed by atoms with E-state index < -0.39 is 11.6 Å². The summed E-state index contributed by atoms with van der Waals surface area (Å²) < 4.78 is 26.2. The highest BCUT2D eigenvalue weighted by Gasteiger charge is 2.11. The van der Waals surface area contributed by atoms with Gasteiger partial charge in [0.25, 0.3) is 5.91 Å². The van der Waals surface area contributed by atoms with Crippen molar-refractivity contribution in [1.29, 1.82) is 0 Å². The van der Waals surface area contributed by atoms with Crippen molar-refractivity contribution in [3.05, 3.63) is 47.3 Å². The van der Waals surface area contributed by atoms with Crippen LogP contribution in [0.2, 0.25) is 0 Å². The third-order valence-electron chi connectivity index (χ3n) is 2.93. The zero-order valence-electron chi connectivity index (χ0n) is 13.2. The molecule has 122 valence electrons. The minimum absolute atomic E-state index is 0.144. The Morgan fingerprint density at radius 1 is 1.17 bits per heavy atom. The maximum atomic E-state index is 13.2. The molecule has 2 rings (SSSR count). The van der Waals surface area contributed by atoms with Crippen molar-refractivity contribution in [1.82, 2.24) is 15.3 Å². The molecule has 1 aromatic heterocycles. The molecule has 0 radical (unpaired) electrons. The second-order valence-electron chi connectivity index (χ2n) is 5.58. The lowest BCUT2D eigenvalue weighted by Crippen LogP contribution is -2.28. The van der Waals surface area contributed by atoms with Gasteiger partial charge in [-0.05, 0) is 31.0 Å². The van der Waals surface area contributed by atoms with Crippen molar-refractivity contribution in [2.45, 2.75) is 20.8 Å². The Morgan fingerprint density at radius 3 is 2.57 bits per heavy atom. The summed E-state index contributed by atoms with van der Waals surface area (Å²) in [6.07, 6.45) is 0. The zero-order chi connectivity index (χ0) is 17.0. The van der Waals surface area contributed by atoms with Crippen molar-refractivity contribution in [2.24, 2.45) is 5.92 Å². The number of amides is 1. The van der Waals surface area contributed by atoms with Gasteiger partial charge in [0.2, 0.25) is 5.95 Å². The SMILES string of the molecule is Cc1cc(C(=O)NCC(C)C)nc(Nc2ccc(F)c(F)c2)n1. The highest BCUT2D eigenvalue weighted by molar-refractivity contribution is 5.92. The van der Waals surface area contributed by atoms with E-state index in [4.69, 9.17) is 0 Å². The first kappa shape index (κ1) is 16.8. The number of nitrogens with zero attached hydrogens (tertiary/aromatic N) is 2. The molecule has 0 bridgehead atoms. The van der Waals surface area contributed by atoms with Crippen LogP contribution in [0.4, 0.5) is 20.4 Å². The summed E-state index contributed by atoms with van der Waals surface area (Å²) in [6, 6.07) is 4.93. The number of carbonyl (C=O) groups excluding carboxylic acids is 1. The predicted molar refractivity (Wildman–Crippen MR) is 83.6 cm³/mol. The maximum absolute atomic E-state index is 13.2. The smallest absolute Gasteiger partial charge is 0.270 e. The summed E-state index contributed by atoms with van der Waals surface area (Å²) in [4.78, 5) is 20.3. The minimum Gasteiger partial charge on any atom is -0.350 e. The summed E-state index contributed by atoms with van der Waals surface area (Å²) in [5.41, 5.74) is 1.09. The van der Waals surface area contributed by atoms with Crippen LogP contribution in [0.25, 0.3) is 0 Å². The first-order chi connectivity index (χ1) is 10.8. The van der Waals surface area contributed by atoms with Crippen LogP contribution in [-0.2, 0) is 0 Å². The molecule has 1 heterocycles. The fourth-order valence-corrected chi connectivity index (χ4v) is 1.83. The van der Waals surface area contributed by atoms with E-state index >= 15 is 0 Å². The maximum Gasteiger partial charge on any atom is 0.270 e. The van der Waals surface area contributed by atoms with Crippen LogP contribution in [0.5, 0.6) is 0 Å². The first-order valence-corrected chi connectivity index (χ1v) is 7.21. The molecule has 0 aliphatic heterocycles. The Labute approximate surface area is 133 Å². The Hall–Kier alpha value is -2.57. The van der Waals surface area contributed by atoms with Gasteiger partial charge in [-0.15, -0.1) is 0 Å². The second-order valence-corrected chi connectivity index (χ2v) is 5.58. The molecule has 2 aromatic rings. The largest absolute Gasteiger partial charge is 0.350 e. The summed E-state index contributed by atoms with van der Waals surface area (Å²) in [5.74, 6) is -1.75. The molecule has 0 saturated carbocycles. The normalized spacial score (nSPS) is 10.7. The molecule has 23 heavy (non-hydrogen) atoms. The van der Waals surface area contributed by atoms with Crippen LogP contribution in [0, 0.1) is 24.5 Å². The molecule has 0 saturated heterocycles. The highest BCUT2D eigenvalue weighted by Crippen LogP contribution is 2.17. The first-order valence-electron chi connectivity index (χ1n) is 7.21. The summed E-state index contributed by atoms with van der Waals surface area (Å²) in [5, 5.41) is 5.53. The van der Waals surface area contributed by atoms with Gasteiger partial charge in [0.15, 0.2) is 11.6 Å². The van der Waals surface area contributed by atoms with Crippen LogP contribution in [0.3, 0.4) is 0 Å². The lowest BCUT2D eigenvalue weighted by atomic mass is 10.2. The Bertz CT molecular complexity index is 719. The molecule has 0 aliphatic rings. The van der Waals surface area contributed by atoms with Gasteiger partial charge < -0.3 is 10.6 Å². The molecular formula is C16H18F2N4O. The van der Waals surface area contributed by atoms with Crippen molar-refractivity contribution in [2.75, 3.05) is 11.9 Å². The number of benzene rings is 1. The van der Waals surface area contributed by atoms with Gasteiger partial charge in [-0.25, -0.2) is 18.7 Å². The Balaban J connectivity index is 2.19. The summed E-state index contributed by atoms with van der Waals surface area (Å²) in [7, 11) is 0. The van der Waals surface area contributed by atoms with E-state index in [0.29, 0.717) is 23.8 Å². The van der Waals surface area contributed by atoms with Gasteiger partial charge in [0.1, 0.15) is 5.69 Å². The lowest BCUT2D eigenvalue weighted by molar-refractivity contribution is 0.0944. The van der Waals surface area contributed by atoms with E-state index in [1.807, 2.05) is 13.8 Å². The molecule has 0 fully saturated rings. The average molecular weight is 320 g/mol. The van der Waals surface area contributed by atoms with E-state index in [2.05, 4.69) is 20.6 Å². The van der Waals surface area contributed by atoms with Crippen LogP contribution in [-0.4, -0.2) is 22.4 Å².